The van der Waals surface area contributed by atoms with E-state index < -0.39 is 46.5 Å². The molecule has 2 aromatic carbocycles. The summed E-state index contributed by atoms with van der Waals surface area (Å²) in [5, 5.41) is -1.55. The maximum absolute atomic E-state index is 13.2. The maximum atomic E-state index is 13.2. The summed E-state index contributed by atoms with van der Waals surface area (Å²) in [4.78, 5) is 52.4. The second kappa shape index (κ2) is 17.8. The Kier molecular flexibility index (Phi) is 15.7. The maximum Gasteiger partial charge on any atom is 0.423 e. The molecule has 2 unspecified atom stereocenters. The molecule has 2 aromatic rings. The Morgan fingerprint density at radius 2 is 0.917 bits per heavy atom. The van der Waals surface area contributed by atoms with Crippen molar-refractivity contribution in [3.63, 3.8) is 0 Å². The lowest BCUT2D eigenvalue weighted by molar-refractivity contribution is -0.156. The number of rotatable bonds is 14. The molecule has 0 heterocycles. The fourth-order valence-corrected chi connectivity index (χ4v) is 5.98. The van der Waals surface area contributed by atoms with Crippen molar-refractivity contribution in [2.24, 2.45) is 22.7 Å². The highest BCUT2D eigenvalue weighted by Gasteiger charge is 2.33. The fourth-order valence-electron chi connectivity index (χ4n) is 4.55. The highest BCUT2D eigenvalue weighted by Crippen LogP contribution is 2.42. The molecule has 0 spiro atoms. The van der Waals surface area contributed by atoms with Gasteiger partial charge in [-0.15, -0.1) is 0 Å². The standard InChI is InChI=1S/C34H40Cl6O8/c1-9-17(3)33(5,6)11-13-45-29(41)23-25(39)19(35)15-21(37)27(23)47-31(43)32(44)48-28-22(38)16-20(36)26(40)24(28)30(42)46-14-12-34(7,8)18(4)10-2/h15-18H,9-14H2,1-8H3. The first-order chi connectivity index (χ1) is 22.2. The van der Waals surface area contributed by atoms with E-state index in [9.17, 15) is 19.2 Å². The summed E-state index contributed by atoms with van der Waals surface area (Å²) in [6.07, 6.45) is 2.90. The minimum Gasteiger partial charge on any atom is -0.462 e. The summed E-state index contributed by atoms with van der Waals surface area (Å²) in [6, 6.07) is 2.24. The van der Waals surface area contributed by atoms with Gasteiger partial charge in [-0.2, -0.15) is 0 Å². The number of hydrogen-bond donors (Lipinski definition) is 0. The monoisotopic (exact) mass is 786 g/mol. The Bertz CT molecular complexity index is 1420. The van der Waals surface area contributed by atoms with Crippen LogP contribution >= 0.6 is 69.6 Å². The van der Waals surface area contributed by atoms with Gasteiger partial charge in [-0.3, -0.25) is 0 Å². The Morgan fingerprint density at radius 3 is 1.21 bits per heavy atom. The van der Waals surface area contributed by atoms with Crippen LogP contribution in [0.2, 0.25) is 30.1 Å². The third-order valence-electron chi connectivity index (χ3n) is 9.07. The summed E-state index contributed by atoms with van der Waals surface area (Å²) in [6.45, 7) is 16.6. The van der Waals surface area contributed by atoms with Gasteiger partial charge in [0.1, 0.15) is 11.1 Å². The molecule has 0 aliphatic heterocycles. The molecule has 0 N–H and O–H groups in total. The number of carbonyl (C=O) groups is 4. The highest BCUT2D eigenvalue weighted by molar-refractivity contribution is 6.47. The summed E-state index contributed by atoms with van der Waals surface area (Å²) in [7, 11) is 0. The topological polar surface area (TPSA) is 105 Å². The minimum atomic E-state index is -1.65. The largest absolute Gasteiger partial charge is 0.462 e. The second-order valence-corrected chi connectivity index (χ2v) is 15.2. The Labute approximate surface area is 311 Å². The van der Waals surface area contributed by atoms with E-state index in [-0.39, 0.29) is 54.2 Å². The van der Waals surface area contributed by atoms with Crippen LogP contribution in [0.15, 0.2) is 12.1 Å². The smallest absolute Gasteiger partial charge is 0.423 e. The van der Waals surface area contributed by atoms with Crippen LogP contribution in [0, 0.1) is 22.7 Å². The van der Waals surface area contributed by atoms with E-state index in [1.165, 1.54) is 0 Å². The van der Waals surface area contributed by atoms with E-state index in [1.54, 1.807) is 0 Å². The van der Waals surface area contributed by atoms with E-state index in [1.807, 2.05) is 0 Å². The van der Waals surface area contributed by atoms with Gasteiger partial charge in [0.25, 0.3) is 0 Å². The predicted molar refractivity (Wildman–Crippen MR) is 190 cm³/mol. The molecule has 0 saturated heterocycles. The highest BCUT2D eigenvalue weighted by atomic mass is 35.5. The Balaban J connectivity index is 2.33. The molecule has 0 aliphatic rings. The molecule has 2 rings (SSSR count). The molecular formula is C34H40Cl6O8. The number of hydrogen-bond acceptors (Lipinski definition) is 8. The van der Waals surface area contributed by atoms with Crippen LogP contribution in [0.3, 0.4) is 0 Å². The van der Waals surface area contributed by atoms with Gasteiger partial charge in [0, 0.05) is 0 Å². The number of halogens is 6. The van der Waals surface area contributed by atoms with Crippen molar-refractivity contribution in [3.8, 4) is 11.5 Å². The lowest BCUT2D eigenvalue weighted by Gasteiger charge is -2.31. The van der Waals surface area contributed by atoms with E-state index in [0.717, 1.165) is 25.0 Å². The zero-order valence-electron chi connectivity index (χ0n) is 28.1. The Morgan fingerprint density at radius 1 is 0.604 bits per heavy atom. The first-order valence-corrected chi connectivity index (χ1v) is 17.6. The molecule has 0 aromatic heterocycles. The van der Waals surface area contributed by atoms with Crippen molar-refractivity contribution >= 4 is 93.5 Å². The van der Waals surface area contributed by atoms with Crippen molar-refractivity contribution in [1.82, 2.24) is 0 Å². The van der Waals surface area contributed by atoms with Crippen molar-refractivity contribution in [2.45, 2.75) is 81.1 Å². The van der Waals surface area contributed by atoms with Crippen molar-refractivity contribution in [3.05, 3.63) is 53.4 Å². The van der Waals surface area contributed by atoms with Gasteiger partial charge in [-0.05, 0) is 47.6 Å². The van der Waals surface area contributed by atoms with E-state index in [0.29, 0.717) is 24.7 Å². The molecule has 48 heavy (non-hydrogen) atoms. The van der Waals surface area contributed by atoms with Gasteiger partial charge in [0.05, 0.1) is 43.3 Å². The molecule has 0 bridgehead atoms. The molecule has 2 atom stereocenters. The first kappa shape index (κ1) is 42.2. The first-order valence-electron chi connectivity index (χ1n) is 15.3. The predicted octanol–water partition coefficient (Wildman–Crippen LogP) is 11.4. The third kappa shape index (κ3) is 10.5. The quantitative estimate of drug-likeness (QED) is 0.0806. The van der Waals surface area contributed by atoms with Crippen LogP contribution in [0.25, 0.3) is 0 Å². The van der Waals surface area contributed by atoms with Crippen molar-refractivity contribution in [2.75, 3.05) is 13.2 Å². The van der Waals surface area contributed by atoms with Crippen LogP contribution in [0.4, 0.5) is 0 Å². The lowest BCUT2D eigenvalue weighted by atomic mass is 9.76. The normalized spacial score (nSPS) is 13.0. The average Bonchev–Trinajstić information content (AvgIpc) is 3.01. The zero-order chi connectivity index (χ0) is 36.7. The van der Waals surface area contributed by atoms with Gasteiger partial charge in [0.15, 0.2) is 11.5 Å². The molecular weight excluding hydrogens is 749 g/mol. The summed E-state index contributed by atoms with van der Waals surface area (Å²) in [5.41, 5.74) is -1.25. The molecule has 0 radical (unpaired) electrons. The summed E-state index contributed by atoms with van der Waals surface area (Å²) in [5.74, 6) is -5.79. The number of esters is 4. The molecule has 0 saturated carbocycles. The van der Waals surface area contributed by atoms with Gasteiger partial charge in [0.2, 0.25) is 0 Å². The Hall–Kier alpha value is -1.94. The molecule has 0 aliphatic carbocycles. The lowest BCUT2D eigenvalue weighted by Crippen LogP contribution is -2.28. The van der Waals surface area contributed by atoms with Gasteiger partial charge < -0.3 is 18.9 Å². The van der Waals surface area contributed by atoms with Crippen molar-refractivity contribution < 1.29 is 38.1 Å². The number of ether oxygens (including phenoxy) is 4. The molecule has 266 valence electrons. The van der Waals surface area contributed by atoms with E-state index >= 15 is 0 Å². The number of benzene rings is 2. The van der Waals surface area contributed by atoms with Crippen LogP contribution < -0.4 is 9.47 Å². The van der Waals surface area contributed by atoms with Gasteiger partial charge >= 0.3 is 23.9 Å². The van der Waals surface area contributed by atoms with E-state index in [2.05, 4.69) is 55.4 Å². The zero-order valence-corrected chi connectivity index (χ0v) is 32.6. The average molecular weight is 789 g/mol. The molecule has 14 heteroatoms. The molecule has 0 fully saturated rings. The summed E-state index contributed by atoms with van der Waals surface area (Å²) < 4.78 is 21.3. The fraction of sp³-hybridized carbons (Fsp3) is 0.529. The number of carbonyl (C=O) groups excluding carboxylic acids is 4. The molecule has 0 amide bonds. The minimum absolute atomic E-state index is 0.00981. The van der Waals surface area contributed by atoms with Crippen LogP contribution in [0.5, 0.6) is 11.5 Å². The van der Waals surface area contributed by atoms with Crippen LogP contribution in [-0.4, -0.2) is 37.1 Å². The molecule has 8 nitrogen and oxygen atoms in total. The SMILES string of the molecule is CCC(C)C(C)(C)CCOC(=O)c1c(Cl)c(Cl)cc(Cl)c1OC(=O)C(=O)Oc1c(Cl)cc(Cl)c(Cl)c1C(=O)OCCC(C)(C)C(C)CC. The van der Waals surface area contributed by atoms with E-state index in [4.69, 9.17) is 88.6 Å². The second-order valence-electron chi connectivity index (χ2n) is 12.9. The van der Waals surface area contributed by atoms with Crippen LogP contribution in [0.1, 0.15) is 102 Å². The summed E-state index contributed by atoms with van der Waals surface area (Å²) >= 11 is 37.5. The third-order valence-corrected chi connectivity index (χ3v) is 11.2. The van der Waals surface area contributed by atoms with Gasteiger partial charge in [-0.1, -0.05) is 138 Å². The van der Waals surface area contributed by atoms with Gasteiger partial charge in [-0.25, -0.2) is 19.2 Å². The van der Waals surface area contributed by atoms with Crippen molar-refractivity contribution in [1.29, 1.82) is 0 Å². The van der Waals surface area contributed by atoms with Crippen LogP contribution in [-0.2, 0) is 19.1 Å².